The second kappa shape index (κ2) is 6.53. The molecule has 0 aromatic heterocycles. The third kappa shape index (κ3) is 2.66. The molecule has 3 aliphatic rings. The smallest absolute Gasteiger partial charge is 0.338 e. The molecule has 8 heteroatoms. The molecule has 27 heavy (non-hydrogen) atoms. The molecule has 3 saturated heterocycles. The lowest BCUT2D eigenvalue weighted by Gasteiger charge is -2.42. The van der Waals surface area contributed by atoms with Gasteiger partial charge >= 0.3 is 5.97 Å². The van der Waals surface area contributed by atoms with E-state index in [9.17, 15) is 14.4 Å². The number of carbonyl (C=O) groups is 3. The predicted octanol–water partition coefficient (Wildman–Crippen LogP) is 1.05. The molecule has 0 bridgehead atoms. The number of nitrogens with zero attached hydrogens (tertiary/aromatic N) is 2. The Kier molecular flexibility index (Phi) is 4.30. The normalized spacial score (nSPS) is 26.6. The number of methoxy groups -OCH3 is 2. The van der Waals surface area contributed by atoms with E-state index < -0.39 is 11.7 Å². The standard InChI is InChI=1S/C19H22N2O6/c1-25-14-9-12(8-13(10-14)18(24)26-2)17(23)20-6-4-19-15(20)11-16(22)21(19)5-3-7-27-19/h8-10,15H,3-7,11H2,1-2H3/t15-,19+/m1/s1. The molecule has 3 aliphatic heterocycles. The summed E-state index contributed by atoms with van der Waals surface area (Å²) in [6, 6.07) is 4.30. The Morgan fingerprint density at radius 1 is 1.19 bits per heavy atom. The van der Waals surface area contributed by atoms with Gasteiger partial charge in [-0.05, 0) is 24.6 Å². The van der Waals surface area contributed by atoms with Gasteiger partial charge in [-0.15, -0.1) is 0 Å². The third-order valence-electron chi connectivity index (χ3n) is 5.68. The van der Waals surface area contributed by atoms with E-state index in [1.54, 1.807) is 15.9 Å². The zero-order valence-corrected chi connectivity index (χ0v) is 15.4. The van der Waals surface area contributed by atoms with E-state index in [1.165, 1.54) is 26.4 Å². The van der Waals surface area contributed by atoms with Crippen LogP contribution < -0.4 is 4.74 Å². The van der Waals surface area contributed by atoms with Crippen molar-refractivity contribution in [2.24, 2.45) is 0 Å². The fourth-order valence-corrected chi connectivity index (χ4v) is 4.43. The minimum atomic E-state index is -0.699. The van der Waals surface area contributed by atoms with E-state index in [4.69, 9.17) is 14.2 Å². The fraction of sp³-hybridized carbons (Fsp3) is 0.526. The van der Waals surface area contributed by atoms with Crippen LogP contribution in [0.5, 0.6) is 5.75 Å². The fourth-order valence-electron chi connectivity index (χ4n) is 4.43. The molecule has 1 aromatic rings. The van der Waals surface area contributed by atoms with Crippen molar-refractivity contribution in [2.75, 3.05) is 33.9 Å². The Bertz CT molecular complexity index is 809. The minimum absolute atomic E-state index is 0.0260. The summed E-state index contributed by atoms with van der Waals surface area (Å²) >= 11 is 0. The quantitative estimate of drug-likeness (QED) is 0.735. The third-order valence-corrected chi connectivity index (χ3v) is 5.68. The number of hydrogen-bond donors (Lipinski definition) is 0. The molecule has 0 saturated carbocycles. The first-order valence-corrected chi connectivity index (χ1v) is 9.03. The summed E-state index contributed by atoms with van der Waals surface area (Å²) in [7, 11) is 2.76. The van der Waals surface area contributed by atoms with E-state index in [2.05, 4.69) is 0 Å². The predicted molar refractivity (Wildman–Crippen MR) is 93.4 cm³/mol. The lowest BCUT2D eigenvalue weighted by atomic mass is 10.0. The van der Waals surface area contributed by atoms with E-state index in [0.717, 1.165) is 6.42 Å². The number of esters is 1. The number of benzene rings is 1. The van der Waals surface area contributed by atoms with Crippen LogP contribution in [0.15, 0.2) is 18.2 Å². The first-order valence-electron chi connectivity index (χ1n) is 9.03. The second-order valence-electron chi connectivity index (χ2n) is 7.00. The molecule has 0 radical (unpaired) electrons. The van der Waals surface area contributed by atoms with Crippen LogP contribution >= 0.6 is 0 Å². The summed E-state index contributed by atoms with van der Waals surface area (Å²) in [5.41, 5.74) is -0.129. The highest BCUT2D eigenvalue weighted by molar-refractivity contribution is 5.99. The van der Waals surface area contributed by atoms with Gasteiger partial charge in [0.05, 0.1) is 38.9 Å². The average Bonchev–Trinajstić information content (AvgIpc) is 3.18. The van der Waals surface area contributed by atoms with E-state index in [0.29, 0.717) is 37.4 Å². The number of hydrogen-bond acceptors (Lipinski definition) is 6. The summed E-state index contributed by atoms with van der Waals surface area (Å²) in [5, 5.41) is 0. The van der Waals surface area contributed by atoms with Gasteiger partial charge in [0.2, 0.25) is 5.91 Å². The molecule has 8 nitrogen and oxygen atoms in total. The summed E-state index contributed by atoms with van der Waals surface area (Å²) < 4.78 is 16.0. The molecule has 0 N–H and O–H groups in total. The zero-order valence-electron chi connectivity index (χ0n) is 15.4. The average molecular weight is 374 g/mol. The van der Waals surface area contributed by atoms with E-state index >= 15 is 0 Å². The van der Waals surface area contributed by atoms with Gasteiger partial charge in [0.25, 0.3) is 5.91 Å². The molecule has 0 unspecified atom stereocenters. The SMILES string of the molecule is COC(=O)c1cc(OC)cc(C(=O)N2CC[C@@]34OCCCN3C(=O)C[C@@H]24)c1. The molecule has 3 fully saturated rings. The van der Waals surface area contributed by atoms with Crippen LogP contribution in [0.2, 0.25) is 0 Å². The molecular weight excluding hydrogens is 352 g/mol. The number of amides is 2. The van der Waals surface area contributed by atoms with Crippen LogP contribution in [0.4, 0.5) is 0 Å². The second-order valence-corrected chi connectivity index (χ2v) is 7.00. The maximum Gasteiger partial charge on any atom is 0.338 e. The molecule has 3 heterocycles. The van der Waals surface area contributed by atoms with Crippen molar-refractivity contribution >= 4 is 17.8 Å². The lowest BCUT2D eigenvalue weighted by molar-refractivity contribution is -0.179. The van der Waals surface area contributed by atoms with Crippen LogP contribution in [-0.4, -0.2) is 73.3 Å². The highest BCUT2D eigenvalue weighted by atomic mass is 16.5. The molecule has 1 aromatic carbocycles. The van der Waals surface area contributed by atoms with Crippen LogP contribution in [0.1, 0.15) is 40.0 Å². The lowest BCUT2D eigenvalue weighted by Crippen LogP contribution is -2.56. The molecule has 1 spiro atoms. The van der Waals surface area contributed by atoms with Crippen molar-refractivity contribution < 1.29 is 28.6 Å². The van der Waals surface area contributed by atoms with Crippen LogP contribution in [0.3, 0.4) is 0 Å². The van der Waals surface area contributed by atoms with Gasteiger partial charge in [-0.2, -0.15) is 0 Å². The number of carbonyl (C=O) groups excluding carboxylic acids is 3. The molecular formula is C19H22N2O6. The molecule has 144 valence electrons. The van der Waals surface area contributed by atoms with Crippen molar-refractivity contribution in [1.82, 2.24) is 9.80 Å². The minimum Gasteiger partial charge on any atom is -0.497 e. The first kappa shape index (κ1) is 17.8. The van der Waals surface area contributed by atoms with Crippen LogP contribution in [0, 0.1) is 0 Å². The maximum absolute atomic E-state index is 13.2. The topological polar surface area (TPSA) is 85.4 Å². The highest BCUT2D eigenvalue weighted by Gasteiger charge is 2.61. The Morgan fingerprint density at radius 2 is 1.96 bits per heavy atom. The summed E-state index contributed by atoms with van der Waals surface area (Å²) in [5.74, 6) is -0.366. The Hall–Kier alpha value is -2.61. The zero-order chi connectivity index (χ0) is 19.2. The number of ether oxygens (including phenoxy) is 3. The maximum atomic E-state index is 13.2. The van der Waals surface area contributed by atoms with Crippen molar-refractivity contribution in [2.45, 2.75) is 31.0 Å². The van der Waals surface area contributed by atoms with Crippen molar-refractivity contribution in [1.29, 1.82) is 0 Å². The number of rotatable bonds is 3. The monoisotopic (exact) mass is 374 g/mol. The van der Waals surface area contributed by atoms with Crippen molar-refractivity contribution in [3.8, 4) is 5.75 Å². The van der Waals surface area contributed by atoms with Crippen molar-refractivity contribution in [3.63, 3.8) is 0 Å². The molecule has 0 aliphatic carbocycles. The Labute approximate surface area is 157 Å². The van der Waals surface area contributed by atoms with Gasteiger partial charge in [0.1, 0.15) is 5.75 Å². The van der Waals surface area contributed by atoms with Crippen LogP contribution in [0.25, 0.3) is 0 Å². The van der Waals surface area contributed by atoms with Gasteiger partial charge in [-0.1, -0.05) is 0 Å². The van der Waals surface area contributed by atoms with Gasteiger partial charge in [0.15, 0.2) is 5.72 Å². The van der Waals surface area contributed by atoms with Gasteiger partial charge in [-0.3, -0.25) is 9.59 Å². The summed E-state index contributed by atoms with van der Waals surface area (Å²) in [4.78, 5) is 41.1. The highest BCUT2D eigenvalue weighted by Crippen LogP contribution is 2.45. The Balaban J connectivity index is 1.66. The molecule has 4 rings (SSSR count). The van der Waals surface area contributed by atoms with Gasteiger partial charge in [0, 0.05) is 25.1 Å². The molecule has 2 amide bonds. The molecule has 2 atom stereocenters. The summed E-state index contributed by atoms with van der Waals surface area (Å²) in [6.45, 7) is 1.76. The Morgan fingerprint density at radius 3 is 2.70 bits per heavy atom. The van der Waals surface area contributed by atoms with Gasteiger partial charge in [-0.25, -0.2) is 4.79 Å². The van der Waals surface area contributed by atoms with Crippen LogP contribution in [-0.2, 0) is 14.3 Å². The van der Waals surface area contributed by atoms with Gasteiger partial charge < -0.3 is 24.0 Å². The summed E-state index contributed by atoms with van der Waals surface area (Å²) in [6.07, 6.45) is 1.68. The van der Waals surface area contributed by atoms with Crippen molar-refractivity contribution in [3.05, 3.63) is 29.3 Å². The van der Waals surface area contributed by atoms with E-state index in [-0.39, 0.29) is 29.8 Å². The first-order chi connectivity index (χ1) is 13.0. The van der Waals surface area contributed by atoms with E-state index in [1.807, 2.05) is 0 Å². The largest absolute Gasteiger partial charge is 0.497 e. The number of likely N-dealkylation sites (tertiary alicyclic amines) is 1.